The largest absolute Gasteiger partial charge is 0.325 e. The van der Waals surface area contributed by atoms with Gasteiger partial charge >= 0.3 is 0 Å². The van der Waals surface area contributed by atoms with Crippen molar-refractivity contribution in [2.24, 2.45) is 0 Å². The molecule has 1 saturated carbocycles. The number of carbonyl (C=O) groups excluding carboxylic acids is 1. The van der Waals surface area contributed by atoms with Crippen LogP contribution in [0.4, 0.5) is 5.69 Å². The van der Waals surface area contributed by atoms with Crippen molar-refractivity contribution < 1.29 is 4.79 Å². The Bertz CT molecular complexity index is 1840. The normalized spacial score (nSPS) is 15.2. The summed E-state index contributed by atoms with van der Waals surface area (Å²) in [6, 6.07) is 32.4. The minimum atomic E-state index is -0.181. The molecule has 7 rings (SSSR count). The Morgan fingerprint density at radius 3 is 2.45 bits per heavy atom. The molecule has 0 unspecified atom stereocenters. The number of benzene rings is 4. The zero-order valence-electron chi connectivity index (χ0n) is 23.5. The van der Waals surface area contributed by atoms with Gasteiger partial charge in [0, 0.05) is 22.1 Å². The fourth-order valence-electron chi connectivity index (χ4n) is 6.89. The molecule has 1 fully saturated rings. The van der Waals surface area contributed by atoms with Gasteiger partial charge in [0.15, 0.2) is 5.16 Å². The number of anilines is 1. The monoisotopic (exact) mass is 571 g/mol. The van der Waals surface area contributed by atoms with Gasteiger partial charge in [-0.15, -0.1) is 0 Å². The van der Waals surface area contributed by atoms with Crippen molar-refractivity contribution in [2.75, 3.05) is 11.1 Å². The van der Waals surface area contributed by atoms with Crippen molar-refractivity contribution in [1.29, 1.82) is 0 Å². The Morgan fingerprint density at radius 2 is 1.60 bits per heavy atom. The number of amides is 1. The van der Waals surface area contributed by atoms with E-state index in [4.69, 9.17) is 4.98 Å². The molecule has 4 aromatic carbocycles. The van der Waals surface area contributed by atoms with E-state index in [1.54, 1.807) is 0 Å². The molecule has 1 amide bonds. The molecule has 1 spiro atoms. The first-order valence-electron chi connectivity index (χ1n) is 14.8. The molecule has 5 aromatic rings. The van der Waals surface area contributed by atoms with E-state index in [0.29, 0.717) is 11.7 Å². The lowest BCUT2D eigenvalue weighted by Crippen LogP contribution is -2.43. The fourth-order valence-corrected chi connectivity index (χ4v) is 7.68. The van der Waals surface area contributed by atoms with Crippen LogP contribution in [0.25, 0.3) is 22.0 Å². The summed E-state index contributed by atoms with van der Waals surface area (Å²) in [4.78, 5) is 33.1. The zero-order valence-corrected chi connectivity index (χ0v) is 24.3. The second-order valence-corrected chi connectivity index (χ2v) is 12.5. The molecule has 0 saturated heterocycles. The molecular weight excluding hydrogens is 538 g/mol. The molecular formula is C36H33N3O2S. The van der Waals surface area contributed by atoms with Crippen molar-refractivity contribution in [2.45, 2.75) is 55.6 Å². The smallest absolute Gasteiger partial charge is 0.258 e. The summed E-state index contributed by atoms with van der Waals surface area (Å²) in [6.07, 6.45) is 6.38. The van der Waals surface area contributed by atoms with E-state index in [-0.39, 0.29) is 22.6 Å². The Kier molecular flexibility index (Phi) is 7.16. The minimum absolute atomic E-state index is 0.0391. The topological polar surface area (TPSA) is 64.0 Å². The lowest BCUT2D eigenvalue weighted by molar-refractivity contribution is -0.113. The molecule has 42 heavy (non-hydrogen) atoms. The standard InChI is InChI=1S/C36H33N3O2S/c40-31(37-30-19-11-16-26-14-5-7-17-28(26)30)24-42-35-38-33-29-18-8-6-15-27(29)22-36(20-9-2-10-21-36)32(33)34(41)39(35)23-25-12-3-1-4-13-25/h1,3-8,11-19H,2,9-10,20-24H2,(H,37,40). The van der Waals surface area contributed by atoms with Crippen molar-refractivity contribution >= 4 is 34.1 Å². The number of nitrogens with one attached hydrogen (secondary N) is 1. The fraction of sp³-hybridized carbons (Fsp3) is 0.250. The van der Waals surface area contributed by atoms with Gasteiger partial charge in [-0.25, -0.2) is 4.98 Å². The molecule has 5 nitrogen and oxygen atoms in total. The van der Waals surface area contributed by atoms with E-state index in [0.717, 1.165) is 70.9 Å². The van der Waals surface area contributed by atoms with Crippen LogP contribution in [0.1, 0.15) is 48.8 Å². The second kappa shape index (κ2) is 11.3. The quantitative estimate of drug-likeness (QED) is 0.168. The summed E-state index contributed by atoms with van der Waals surface area (Å²) >= 11 is 1.34. The van der Waals surface area contributed by atoms with Gasteiger partial charge in [-0.2, -0.15) is 0 Å². The highest BCUT2D eigenvalue weighted by Crippen LogP contribution is 2.48. The lowest BCUT2D eigenvalue weighted by atomic mass is 9.62. The molecule has 2 aliphatic rings. The van der Waals surface area contributed by atoms with Gasteiger partial charge in [-0.3, -0.25) is 14.2 Å². The van der Waals surface area contributed by atoms with Gasteiger partial charge in [-0.1, -0.05) is 122 Å². The number of rotatable bonds is 6. The minimum Gasteiger partial charge on any atom is -0.325 e. The van der Waals surface area contributed by atoms with Gasteiger partial charge in [0.2, 0.25) is 5.91 Å². The molecule has 0 atom stereocenters. The molecule has 2 aliphatic carbocycles. The first kappa shape index (κ1) is 26.7. The highest BCUT2D eigenvalue weighted by molar-refractivity contribution is 7.99. The predicted molar refractivity (Wildman–Crippen MR) is 171 cm³/mol. The maximum Gasteiger partial charge on any atom is 0.258 e. The SMILES string of the molecule is O=C(CSc1nc2c(c(=O)n1Cc1ccccc1)C1(CCCCC1)Cc1ccccc1-2)Nc1cccc2ccccc12. The number of hydrogen-bond acceptors (Lipinski definition) is 4. The average Bonchev–Trinajstić information content (AvgIpc) is 3.02. The second-order valence-electron chi connectivity index (χ2n) is 11.5. The van der Waals surface area contributed by atoms with E-state index < -0.39 is 0 Å². The van der Waals surface area contributed by atoms with Crippen molar-refractivity contribution in [3.05, 3.63) is 124 Å². The molecule has 0 bridgehead atoms. The van der Waals surface area contributed by atoms with E-state index in [1.165, 1.54) is 23.7 Å². The summed E-state index contributed by atoms with van der Waals surface area (Å²) < 4.78 is 1.81. The summed E-state index contributed by atoms with van der Waals surface area (Å²) in [5, 5.41) is 5.75. The average molecular weight is 572 g/mol. The van der Waals surface area contributed by atoms with Crippen LogP contribution in [0.2, 0.25) is 0 Å². The van der Waals surface area contributed by atoms with E-state index in [2.05, 4.69) is 23.5 Å². The van der Waals surface area contributed by atoms with Crippen LogP contribution < -0.4 is 10.9 Å². The molecule has 0 aliphatic heterocycles. The van der Waals surface area contributed by atoms with Gasteiger partial charge < -0.3 is 5.32 Å². The van der Waals surface area contributed by atoms with E-state index in [1.807, 2.05) is 83.4 Å². The van der Waals surface area contributed by atoms with Gasteiger partial charge in [0.25, 0.3) is 5.56 Å². The van der Waals surface area contributed by atoms with Crippen LogP contribution in [-0.4, -0.2) is 21.2 Å². The molecule has 1 N–H and O–H groups in total. The van der Waals surface area contributed by atoms with Crippen LogP contribution in [-0.2, 0) is 23.2 Å². The Labute approximate surface area is 250 Å². The van der Waals surface area contributed by atoms with Crippen molar-refractivity contribution in [3.63, 3.8) is 0 Å². The molecule has 0 radical (unpaired) electrons. The summed E-state index contributed by atoms with van der Waals surface area (Å²) in [6.45, 7) is 0.422. The maximum absolute atomic E-state index is 14.6. The third kappa shape index (κ3) is 4.94. The zero-order chi connectivity index (χ0) is 28.5. The maximum atomic E-state index is 14.6. The van der Waals surface area contributed by atoms with Crippen LogP contribution in [0.15, 0.2) is 107 Å². The van der Waals surface area contributed by atoms with Gasteiger partial charge in [0.05, 0.1) is 23.6 Å². The Morgan fingerprint density at radius 1 is 0.857 bits per heavy atom. The summed E-state index contributed by atoms with van der Waals surface area (Å²) in [7, 11) is 0. The Hall–Kier alpha value is -4.16. The van der Waals surface area contributed by atoms with Crippen LogP contribution >= 0.6 is 11.8 Å². The number of thioether (sulfide) groups is 1. The number of fused-ring (bicyclic) bond motifs is 5. The first-order chi connectivity index (χ1) is 20.6. The van der Waals surface area contributed by atoms with Crippen molar-refractivity contribution in [1.82, 2.24) is 9.55 Å². The number of aromatic nitrogens is 2. The van der Waals surface area contributed by atoms with Gasteiger partial charge in [-0.05, 0) is 41.8 Å². The molecule has 1 aromatic heterocycles. The molecule has 6 heteroatoms. The number of hydrogen-bond donors (Lipinski definition) is 1. The van der Waals surface area contributed by atoms with E-state index >= 15 is 0 Å². The van der Waals surface area contributed by atoms with Crippen LogP contribution in [0, 0.1) is 0 Å². The Balaban J connectivity index is 1.29. The lowest BCUT2D eigenvalue weighted by Gasteiger charge is -2.42. The highest BCUT2D eigenvalue weighted by Gasteiger charge is 2.43. The van der Waals surface area contributed by atoms with Crippen LogP contribution in [0.3, 0.4) is 0 Å². The van der Waals surface area contributed by atoms with Gasteiger partial charge in [0.1, 0.15) is 0 Å². The number of nitrogens with zero attached hydrogens (tertiary/aromatic N) is 2. The predicted octanol–water partition coefficient (Wildman–Crippen LogP) is 7.60. The first-order valence-corrected chi connectivity index (χ1v) is 15.8. The summed E-state index contributed by atoms with van der Waals surface area (Å²) in [5.74, 6) is 0.0227. The summed E-state index contributed by atoms with van der Waals surface area (Å²) in [5.41, 5.74) is 5.69. The third-order valence-corrected chi connectivity index (χ3v) is 9.83. The van der Waals surface area contributed by atoms with E-state index in [9.17, 15) is 9.59 Å². The molecule has 210 valence electrons. The molecule has 1 heterocycles. The highest BCUT2D eigenvalue weighted by atomic mass is 32.2. The third-order valence-electron chi connectivity index (χ3n) is 8.86. The number of carbonyl (C=O) groups is 1. The van der Waals surface area contributed by atoms with Crippen molar-refractivity contribution in [3.8, 4) is 11.3 Å². The van der Waals surface area contributed by atoms with Crippen LogP contribution in [0.5, 0.6) is 0 Å².